The average molecular weight is 741 g/mol. The van der Waals surface area contributed by atoms with Crippen LogP contribution in [0.1, 0.15) is 22.3 Å². The van der Waals surface area contributed by atoms with Gasteiger partial charge in [0.15, 0.2) is 5.82 Å². The van der Waals surface area contributed by atoms with Gasteiger partial charge in [0.05, 0.1) is 16.8 Å². The van der Waals surface area contributed by atoms with Crippen molar-refractivity contribution in [3.05, 3.63) is 241 Å². The maximum atomic E-state index is 6.54. The van der Waals surface area contributed by atoms with Gasteiger partial charge in [0.2, 0.25) is 0 Å². The highest BCUT2D eigenvalue weighted by molar-refractivity contribution is 6.08. The summed E-state index contributed by atoms with van der Waals surface area (Å²) in [6, 6.07) is 77.4. The van der Waals surface area contributed by atoms with Crippen LogP contribution in [-0.4, -0.2) is 9.97 Å². The predicted molar refractivity (Wildman–Crippen MR) is 237 cm³/mol. The molecule has 0 spiro atoms. The van der Waals surface area contributed by atoms with E-state index in [1.54, 1.807) is 0 Å². The quantitative estimate of drug-likeness (QED) is 0.159. The van der Waals surface area contributed by atoms with Gasteiger partial charge in [-0.1, -0.05) is 194 Å². The number of nitrogens with zero attached hydrogens (tertiary/aromatic N) is 2. The molecule has 0 fully saturated rings. The number of fused-ring (bicyclic) bond motifs is 5. The topological polar surface area (TPSA) is 35.0 Å². The van der Waals surface area contributed by atoms with E-state index < -0.39 is 5.41 Å². The third-order valence-electron chi connectivity index (χ3n) is 11.6. The van der Waals surface area contributed by atoms with Gasteiger partial charge in [-0.2, -0.15) is 0 Å². The lowest BCUT2D eigenvalue weighted by Crippen LogP contribution is -2.34. The average Bonchev–Trinajstić information content (AvgIpc) is 3.31. The summed E-state index contributed by atoms with van der Waals surface area (Å²) in [5.74, 6) is 2.43. The highest BCUT2D eigenvalue weighted by atomic mass is 16.5. The molecule has 9 aromatic carbocycles. The SMILES string of the molecule is c1ccc(-c2nc(-c3ccc4c(ccc5ccccc54)c3)cc(-c3ccccc3-c3ccc(C4(c5ccccc5)c5ccccc5Oc5ccccc54)cc3)n2)cc1. The van der Waals surface area contributed by atoms with Gasteiger partial charge in [-0.25, -0.2) is 9.97 Å². The molecule has 0 saturated heterocycles. The fourth-order valence-corrected chi connectivity index (χ4v) is 8.95. The number of rotatable bonds is 6. The van der Waals surface area contributed by atoms with Crippen LogP contribution in [0.2, 0.25) is 0 Å². The van der Waals surface area contributed by atoms with Crippen LogP contribution in [0.4, 0.5) is 0 Å². The van der Waals surface area contributed by atoms with E-state index in [4.69, 9.17) is 14.7 Å². The van der Waals surface area contributed by atoms with E-state index in [1.165, 1.54) is 32.7 Å². The smallest absolute Gasteiger partial charge is 0.160 e. The molecular weight excluding hydrogens is 705 g/mol. The summed E-state index contributed by atoms with van der Waals surface area (Å²) in [4.78, 5) is 10.4. The summed E-state index contributed by atoms with van der Waals surface area (Å²) in [5.41, 5.74) is 11.0. The van der Waals surface area contributed by atoms with E-state index in [-0.39, 0.29) is 0 Å². The lowest BCUT2D eigenvalue weighted by Gasteiger charge is -2.41. The summed E-state index contributed by atoms with van der Waals surface area (Å²) in [7, 11) is 0. The zero-order valence-corrected chi connectivity index (χ0v) is 31.6. The Labute approximate surface area is 337 Å². The van der Waals surface area contributed by atoms with E-state index in [2.05, 4.69) is 188 Å². The van der Waals surface area contributed by atoms with Crippen LogP contribution in [0.25, 0.3) is 66.6 Å². The number of hydrogen-bond acceptors (Lipinski definition) is 3. The van der Waals surface area contributed by atoms with Crippen molar-refractivity contribution in [2.75, 3.05) is 0 Å². The fraction of sp³-hybridized carbons (Fsp3) is 0.0182. The summed E-state index contributed by atoms with van der Waals surface area (Å²) >= 11 is 0. The number of ether oxygens (including phenoxy) is 1. The number of aromatic nitrogens is 2. The van der Waals surface area contributed by atoms with Crippen molar-refractivity contribution in [1.29, 1.82) is 0 Å². The molecule has 1 aromatic heterocycles. The molecule has 1 aliphatic rings. The van der Waals surface area contributed by atoms with Crippen molar-refractivity contribution >= 4 is 21.5 Å². The van der Waals surface area contributed by atoms with Gasteiger partial charge in [-0.05, 0) is 68.1 Å². The largest absolute Gasteiger partial charge is 0.457 e. The van der Waals surface area contributed by atoms with Crippen molar-refractivity contribution in [3.63, 3.8) is 0 Å². The summed E-state index contributed by atoms with van der Waals surface area (Å²) < 4.78 is 6.54. The van der Waals surface area contributed by atoms with E-state index in [9.17, 15) is 0 Å². The molecule has 0 bridgehead atoms. The minimum Gasteiger partial charge on any atom is -0.457 e. The first kappa shape index (κ1) is 33.7. The van der Waals surface area contributed by atoms with Crippen LogP contribution in [0.5, 0.6) is 11.5 Å². The van der Waals surface area contributed by atoms with Gasteiger partial charge in [-0.15, -0.1) is 0 Å². The maximum Gasteiger partial charge on any atom is 0.160 e. The molecule has 58 heavy (non-hydrogen) atoms. The molecule has 0 radical (unpaired) electrons. The fourth-order valence-electron chi connectivity index (χ4n) is 8.95. The van der Waals surface area contributed by atoms with Crippen molar-refractivity contribution in [3.8, 4) is 56.5 Å². The second-order valence-electron chi connectivity index (χ2n) is 14.9. The van der Waals surface area contributed by atoms with Crippen LogP contribution < -0.4 is 4.74 Å². The van der Waals surface area contributed by atoms with Crippen LogP contribution in [-0.2, 0) is 5.41 Å². The van der Waals surface area contributed by atoms with Gasteiger partial charge in [0.25, 0.3) is 0 Å². The summed E-state index contributed by atoms with van der Waals surface area (Å²) in [6.45, 7) is 0. The van der Waals surface area contributed by atoms with Gasteiger partial charge in [0, 0.05) is 27.8 Å². The third-order valence-corrected chi connectivity index (χ3v) is 11.6. The molecule has 0 saturated carbocycles. The van der Waals surface area contributed by atoms with Crippen molar-refractivity contribution in [2.24, 2.45) is 0 Å². The molecule has 0 atom stereocenters. The van der Waals surface area contributed by atoms with Crippen LogP contribution in [0.15, 0.2) is 218 Å². The highest BCUT2D eigenvalue weighted by Crippen LogP contribution is 2.55. The Balaban J connectivity index is 1.06. The van der Waals surface area contributed by atoms with E-state index in [0.717, 1.165) is 61.8 Å². The Morgan fingerprint density at radius 1 is 0.345 bits per heavy atom. The van der Waals surface area contributed by atoms with Crippen molar-refractivity contribution in [1.82, 2.24) is 9.97 Å². The van der Waals surface area contributed by atoms with E-state index in [1.807, 2.05) is 30.3 Å². The van der Waals surface area contributed by atoms with Gasteiger partial charge in [-0.3, -0.25) is 0 Å². The summed E-state index contributed by atoms with van der Waals surface area (Å²) in [6.07, 6.45) is 0. The molecule has 0 N–H and O–H groups in total. The van der Waals surface area contributed by atoms with Crippen LogP contribution in [0, 0.1) is 0 Å². The standard InChI is InChI=1S/C55H36N2O/c1-3-16-39(17-4-1)54-56-50(41-31-34-46-40(35-41)28-27-37-15-7-8-20-44(37)46)36-51(57-54)47-22-10-9-21-45(47)38-29-32-43(33-30-38)55(42-18-5-2-6-19-42)48-23-11-13-25-52(48)58-53-26-14-12-24-49(53)55/h1-36H. The lowest BCUT2D eigenvalue weighted by atomic mass is 9.63. The molecule has 2 heterocycles. The van der Waals surface area contributed by atoms with Crippen LogP contribution >= 0.6 is 0 Å². The molecule has 3 heteroatoms. The predicted octanol–water partition coefficient (Wildman–Crippen LogP) is 13.9. The number of hydrogen-bond donors (Lipinski definition) is 0. The number of benzene rings is 9. The third kappa shape index (κ3) is 5.51. The molecule has 1 aliphatic heterocycles. The first-order valence-corrected chi connectivity index (χ1v) is 19.7. The molecule has 10 aromatic rings. The Kier molecular flexibility index (Phi) is 8.04. The van der Waals surface area contributed by atoms with E-state index >= 15 is 0 Å². The first-order chi connectivity index (χ1) is 28.7. The lowest BCUT2D eigenvalue weighted by molar-refractivity contribution is 0.434. The van der Waals surface area contributed by atoms with Gasteiger partial charge in [0.1, 0.15) is 11.5 Å². The second kappa shape index (κ2) is 13.8. The molecule has 0 unspecified atom stereocenters. The monoisotopic (exact) mass is 740 g/mol. The molecule has 272 valence electrons. The normalized spacial score (nSPS) is 12.8. The number of para-hydroxylation sites is 2. The Hall–Kier alpha value is -7.62. The van der Waals surface area contributed by atoms with E-state index in [0.29, 0.717) is 5.82 Å². The van der Waals surface area contributed by atoms with Crippen LogP contribution in [0.3, 0.4) is 0 Å². The molecular formula is C55H36N2O. The van der Waals surface area contributed by atoms with Crippen molar-refractivity contribution in [2.45, 2.75) is 5.41 Å². The Morgan fingerprint density at radius 2 is 0.897 bits per heavy atom. The Morgan fingerprint density at radius 3 is 1.66 bits per heavy atom. The minimum absolute atomic E-state index is 0.580. The molecule has 0 amide bonds. The Bertz CT molecular complexity index is 3090. The molecule has 11 rings (SSSR count). The van der Waals surface area contributed by atoms with Gasteiger partial charge >= 0.3 is 0 Å². The van der Waals surface area contributed by atoms with Gasteiger partial charge < -0.3 is 4.74 Å². The maximum absolute atomic E-state index is 6.54. The summed E-state index contributed by atoms with van der Waals surface area (Å²) in [5, 5.41) is 4.90. The highest BCUT2D eigenvalue weighted by Gasteiger charge is 2.45. The molecule has 0 aliphatic carbocycles. The van der Waals surface area contributed by atoms with Crippen molar-refractivity contribution < 1.29 is 4.74 Å². The first-order valence-electron chi connectivity index (χ1n) is 19.7. The zero-order valence-electron chi connectivity index (χ0n) is 31.6. The zero-order chi connectivity index (χ0) is 38.5. The minimum atomic E-state index is -0.580. The molecule has 3 nitrogen and oxygen atoms in total. The second-order valence-corrected chi connectivity index (χ2v) is 14.9.